The minimum absolute atomic E-state index is 0.133. The second-order valence-electron chi connectivity index (χ2n) is 6.71. The Morgan fingerprint density at radius 3 is 1.77 bits per heavy atom. The highest BCUT2D eigenvalue weighted by molar-refractivity contribution is 5.86. The van der Waals surface area contributed by atoms with E-state index < -0.39 is 0 Å². The molecule has 0 aliphatic heterocycles. The molecule has 0 heterocycles. The van der Waals surface area contributed by atoms with Gasteiger partial charge < -0.3 is 14.0 Å². The minimum Gasteiger partial charge on any atom is -0.462 e. The molecule has 0 atom stereocenters. The first-order chi connectivity index (χ1) is 10.2. The molecule has 0 N–H and O–H groups in total. The molecular formula is C17H32NO4+. The van der Waals surface area contributed by atoms with E-state index in [-0.39, 0.29) is 11.9 Å². The lowest BCUT2D eigenvalue weighted by Gasteiger charge is -2.22. The molecule has 5 nitrogen and oxygen atoms in total. The summed E-state index contributed by atoms with van der Waals surface area (Å²) in [7, 11) is 5.90. The molecule has 0 bridgehead atoms. The van der Waals surface area contributed by atoms with Gasteiger partial charge >= 0.3 is 11.9 Å². The molecule has 0 aliphatic rings. The van der Waals surface area contributed by atoms with Gasteiger partial charge in [0.1, 0.15) is 0 Å². The molecule has 0 rings (SSSR count). The summed E-state index contributed by atoms with van der Waals surface area (Å²) >= 11 is 0. The van der Waals surface area contributed by atoms with Crippen molar-refractivity contribution in [3.05, 3.63) is 12.2 Å². The van der Waals surface area contributed by atoms with Gasteiger partial charge in [0.25, 0.3) is 0 Å². The second-order valence-corrected chi connectivity index (χ2v) is 6.71. The van der Waals surface area contributed by atoms with E-state index in [4.69, 9.17) is 9.47 Å². The molecular weight excluding hydrogens is 282 g/mol. The van der Waals surface area contributed by atoms with Gasteiger partial charge in [-0.1, -0.05) is 32.3 Å². The number of carbonyl (C=O) groups is 2. The third-order valence-electron chi connectivity index (χ3n) is 2.99. The first kappa shape index (κ1) is 20.6. The Labute approximate surface area is 134 Å². The molecule has 0 spiro atoms. The van der Waals surface area contributed by atoms with E-state index >= 15 is 0 Å². The summed E-state index contributed by atoms with van der Waals surface area (Å²) in [5, 5.41) is 0. The predicted octanol–water partition coefficient (Wildman–Crippen LogP) is 2.70. The van der Waals surface area contributed by atoms with E-state index in [1.54, 1.807) is 6.92 Å². The number of carbonyl (C=O) groups excluding carboxylic acids is 2. The largest absolute Gasteiger partial charge is 0.462 e. The van der Waals surface area contributed by atoms with Crippen molar-refractivity contribution in [2.24, 2.45) is 0 Å². The van der Waals surface area contributed by atoms with E-state index in [1.165, 1.54) is 0 Å². The minimum atomic E-state index is -0.310. The summed E-state index contributed by atoms with van der Waals surface area (Å²) in [6.07, 6.45) is 6.12. The van der Waals surface area contributed by atoms with Crippen molar-refractivity contribution in [1.82, 2.24) is 0 Å². The average molecular weight is 314 g/mol. The van der Waals surface area contributed by atoms with Gasteiger partial charge in [0.15, 0.2) is 6.54 Å². The number of hydrogen-bond acceptors (Lipinski definition) is 4. The second kappa shape index (κ2) is 11.2. The van der Waals surface area contributed by atoms with E-state index in [0.717, 1.165) is 38.5 Å². The highest BCUT2D eigenvalue weighted by atomic mass is 16.5. The number of ether oxygens (including phenoxy) is 2. The molecule has 0 unspecified atom stereocenters. The summed E-state index contributed by atoms with van der Waals surface area (Å²) in [5.41, 5.74) is 0.444. The zero-order valence-electron chi connectivity index (χ0n) is 14.7. The van der Waals surface area contributed by atoms with E-state index in [9.17, 15) is 9.59 Å². The van der Waals surface area contributed by atoms with E-state index in [2.05, 4.69) is 6.58 Å². The molecule has 0 aromatic heterocycles. The van der Waals surface area contributed by atoms with Crippen LogP contribution in [0.4, 0.5) is 0 Å². The number of rotatable bonds is 12. The van der Waals surface area contributed by atoms with Crippen LogP contribution in [-0.4, -0.2) is 57.3 Å². The maximum atomic E-state index is 11.5. The molecule has 0 amide bonds. The lowest BCUT2D eigenvalue weighted by atomic mass is 10.1. The molecule has 0 aromatic carbocycles. The summed E-state index contributed by atoms with van der Waals surface area (Å²) in [6, 6.07) is 0. The van der Waals surface area contributed by atoms with Crippen LogP contribution in [0.3, 0.4) is 0 Å². The quantitative estimate of drug-likeness (QED) is 0.240. The Morgan fingerprint density at radius 1 is 0.864 bits per heavy atom. The van der Waals surface area contributed by atoms with Crippen LogP contribution in [-0.2, 0) is 19.1 Å². The number of likely N-dealkylation sites (N-methyl/N-ethyl adjacent to an activating group) is 1. The highest BCUT2D eigenvalue weighted by Crippen LogP contribution is 2.06. The van der Waals surface area contributed by atoms with Crippen molar-refractivity contribution >= 4 is 11.9 Å². The van der Waals surface area contributed by atoms with Gasteiger partial charge in [-0.3, -0.25) is 0 Å². The maximum absolute atomic E-state index is 11.5. The fourth-order valence-corrected chi connectivity index (χ4v) is 1.82. The third kappa shape index (κ3) is 13.6. The van der Waals surface area contributed by atoms with Gasteiger partial charge in [-0.05, 0) is 19.8 Å². The monoisotopic (exact) mass is 314 g/mol. The Kier molecular flexibility index (Phi) is 10.5. The van der Waals surface area contributed by atoms with Crippen molar-refractivity contribution in [2.45, 2.75) is 45.4 Å². The number of quaternary nitrogens is 1. The van der Waals surface area contributed by atoms with Crippen molar-refractivity contribution in [3.63, 3.8) is 0 Å². The van der Waals surface area contributed by atoms with Gasteiger partial charge in [-0.25, -0.2) is 9.59 Å². The van der Waals surface area contributed by atoms with Crippen molar-refractivity contribution in [2.75, 3.05) is 40.9 Å². The summed E-state index contributed by atoms with van der Waals surface area (Å²) in [6.45, 7) is 6.56. The normalized spacial score (nSPS) is 11.1. The fourth-order valence-electron chi connectivity index (χ4n) is 1.82. The van der Waals surface area contributed by atoms with Crippen LogP contribution in [0.25, 0.3) is 0 Å². The molecule has 0 aromatic rings. The Balaban J connectivity index is 3.32. The standard InChI is InChI=1S/C17H32NO4/c1-15(2)17(20)22-13-11-9-7-6-8-10-12-21-16(19)14-18(3,4)5/h1,6-14H2,2-5H3/q+1. The highest BCUT2D eigenvalue weighted by Gasteiger charge is 2.14. The van der Waals surface area contributed by atoms with Crippen molar-refractivity contribution in [3.8, 4) is 0 Å². The lowest BCUT2D eigenvalue weighted by molar-refractivity contribution is -0.862. The van der Waals surface area contributed by atoms with Crippen LogP contribution in [0, 0.1) is 0 Å². The zero-order valence-corrected chi connectivity index (χ0v) is 14.7. The molecule has 0 saturated heterocycles. The summed E-state index contributed by atoms with van der Waals surface area (Å²) in [4.78, 5) is 22.6. The van der Waals surface area contributed by atoms with Gasteiger partial charge in [0.05, 0.1) is 34.4 Å². The van der Waals surface area contributed by atoms with Crippen LogP contribution < -0.4 is 0 Å². The molecule has 0 fully saturated rings. The zero-order chi connectivity index (χ0) is 17.0. The molecule has 5 heteroatoms. The maximum Gasteiger partial charge on any atom is 0.361 e. The fraction of sp³-hybridized carbons (Fsp3) is 0.765. The Bertz CT molecular complexity index is 358. The topological polar surface area (TPSA) is 52.6 Å². The number of esters is 2. The first-order valence-corrected chi connectivity index (χ1v) is 8.01. The number of nitrogens with zero attached hydrogens (tertiary/aromatic N) is 1. The SMILES string of the molecule is C=C(C)C(=O)OCCCCCCCCOC(=O)C[N+](C)(C)C. The Hall–Kier alpha value is -1.36. The number of unbranched alkanes of at least 4 members (excludes halogenated alkanes) is 5. The van der Waals surface area contributed by atoms with Crippen LogP contribution in [0.15, 0.2) is 12.2 Å². The Morgan fingerprint density at radius 2 is 1.32 bits per heavy atom. The summed E-state index contributed by atoms with van der Waals surface area (Å²) < 4.78 is 10.8. The smallest absolute Gasteiger partial charge is 0.361 e. The third-order valence-corrected chi connectivity index (χ3v) is 2.99. The van der Waals surface area contributed by atoms with Crippen LogP contribution in [0.2, 0.25) is 0 Å². The van der Waals surface area contributed by atoms with Crippen LogP contribution in [0.1, 0.15) is 45.4 Å². The van der Waals surface area contributed by atoms with E-state index in [1.807, 2.05) is 21.1 Å². The summed E-state index contributed by atoms with van der Waals surface area (Å²) in [5.74, 6) is -0.442. The molecule has 0 aliphatic carbocycles. The van der Waals surface area contributed by atoms with Crippen LogP contribution >= 0.6 is 0 Å². The van der Waals surface area contributed by atoms with Gasteiger partial charge in [-0.2, -0.15) is 0 Å². The van der Waals surface area contributed by atoms with Gasteiger partial charge in [-0.15, -0.1) is 0 Å². The number of hydrogen-bond donors (Lipinski definition) is 0. The molecule has 0 saturated carbocycles. The molecule has 22 heavy (non-hydrogen) atoms. The molecule has 0 radical (unpaired) electrons. The predicted molar refractivity (Wildman–Crippen MR) is 87.3 cm³/mol. The van der Waals surface area contributed by atoms with Crippen molar-refractivity contribution in [1.29, 1.82) is 0 Å². The van der Waals surface area contributed by atoms with Gasteiger partial charge in [0.2, 0.25) is 0 Å². The lowest BCUT2D eigenvalue weighted by Crippen LogP contribution is -2.40. The van der Waals surface area contributed by atoms with Gasteiger partial charge in [0, 0.05) is 5.57 Å². The first-order valence-electron chi connectivity index (χ1n) is 8.01. The average Bonchev–Trinajstić information content (AvgIpc) is 2.38. The van der Waals surface area contributed by atoms with E-state index in [0.29, 0.717) is 29.8 Å². The molecule has 128 valence electrons. The van der Waals surface area contributed by atoms with Crippen molar-refractivity contribution < 1.29 is 23.5 Å². The van der Waals surface area contributed by atoms with Crippen LogP contribution in [0.5, 0.6) is 0 Å².